The monoisotopic (exact) mass is 290 g/mol. The van der Waals surface area contributed by atoms with Gasteiger partial charge in [0.2, 0.25) is 5.69 Å². The van der Waals surface area contributed by atoms with Gasteiger partial charge in [-0.15, -0.1) is 0 Å². The summed E-state index contributed by atoms with van der Waals surface area (Å²) in [6.45, 7) is 5.85. The van der Waals surface area contributed by atoms with Gasteiger partial charge in [0.05, 0.1) is 4.75 Å². The third-order valence-electron chi connectivity index (χ3n) is 2.53. The van der Waals surface area contributed by atoms with Crippen molar-refractivity contribution in [2.75, 3.05) is 11.5 Å². The van der Waals surface area contributed by atoms with E-state index < -0.39 is 16.5 Å². The Morgan fingerprint density at radius 3 is 2.07 bits per heavy atom. The van der Waals surface area contributed by atoms with Crippen molar-refractivity contribution >= 4 is 39.7 Å². The molecule has 0 radical (unpaired) electrons. The standard InChI is InChI=1S/C8H19O3PS3/c1-4-8(5-2,15(11)6-3)7-14-12(9,10)13/h4-7H2,1-3H3,(H2,9,10,13). The molecule has 0 saturated heterocycles. The normalized spacial score (nSPS) is 15.3. The van der Waals surface area contributed by atoms with Crippen molar-refractivity contribution < 1.29 is 14.0 Å². The van der Waals surface area contributed by atoms with Crippen LogP contribution < -0.4 is 0 Å². The zero-order chi connectivity index (χ0) is 12.1. The van der Waals surface area contributed by atoms with E-state index in [4.69, 9.17) is 0 Å². The quantitative estimate of drug-likeness (QED) is 0.704. The minimum absolute atomic E-state index is 0.324. The van der Waals surface area contributed by atoms with Crippen molar-refractivity contribution in [3.05, 3.63) is 0 Å². The molecule has 0 aromatic carbocycles. The van der Waals surface area contributed by atoms with Crippen LogP contribution in [0.1, 0.15) is 33.6 Å². The third-order valence-corrected chi connectivity index (χ3v) is 8.29. The maximum Gasteiger partial charge on any atom is 0.242 e. The molecule has 0 rings (SSSR count). The van der Waals surface area contributed by atoms with Crippen LogP contribution in [0.4, 0.5) is 0 Å². The fourth-order valence-corrected chi connectivity index (χ4v) is 6.10. The number of hydrogen-bond acceptors (Lipinski definition) is 3. The van der Waals surface area contributed by atoms with Crippen molar-refractivity contribution in [2.45, 2.75) is 38.4 Å². The molecular weight excluding hydrogens is 271 g/mol. The summed E-state index contributed by atoms with van der Waals surface area (Å²) < 4.78 is 11.6. The Kier molecular flexibility index (Phi) is 7.20. The Labute approximate surface area is 103 Å². The van der Waals surface area contributed by atoms with E-state index in [0.717, 1.165) is 24.2 Å². The Bertz CT molecular complexity index is 260. The van der Waals surface area contributed by atoms with E-state index in [1.807, 2.05) is 20.8 Å². The van der Waals surface area contributed by atoms with Gasteiger partial charge in [0.25, 0.3) is 0 Å². The van der Waals surface area contributed by atoms with Crippen molar-refractivity contribution in [2.24, 2.45) is 0 Å². The molecule has 0 amide bonds. The average Bonchev–Trinajstić information content (AvgIpc) is 2.18. The summed E-state index contributed by atoms with van der Waals surface area (Å²) in [6.07, 6.45) is 1.54. The first-order valence-electron chi connectivity index (χ1n) is 4.90. The van der Waals surface area contributed by atoms with Gasteiger partial charge < -0.3 is 9.79 Å². The van der Waals surface area contributed by atoms with Crippen LogP contribution in [-0.4, -0.2) is 30.2 Å². The van der Waals surface area contributed by atoms with Crippen LogP contribution in [0.5, 0.6) is 0 Å². The molecule has 0 aliphatic carbocycles. The van der Waals surface area contributed by atoms with E-state index in [-0.39, 0.29) is 4.75 Å². The van der Waals surface area contributed by atoms with Crippen molar-refractivity contribution in [3.63, 3.8) is 0 Å². The van der Waals surface area contributed by atoms with Gasteiger partial charge in [-0.1, -0.05) is 32.2 Å². The second-order valence-electron chi connectivity index (χ2n) is 3.29. The van der Waals surface area contributed by atoms with E-state index in [9.17, 15) is 14.0 Å². The first kappa shape index (κ1) is 16.1. The van der Waals surface area contributed by atoms with Crippen LogP contribution in [-0.2, 0) is 22.6 Å². The lowest BCUT2D eigenvalue weighted by Crippen LogP contribution is -2.36. The predicted octanol–water partition coefficient (Wildman–Crippen LogP) is 2.26. The molecule has 1 unspecified atom stereocenters. The number of rotatable bonds is 7. The van der Waals surface area contributed by atoms with Gasteiger partial charge in [-0.05, 0) is 24.6 Å². The third kappa shape index (κ3) is 5.29. The molecule has 0 saturated carbocycles. The molecule has 0 aromatic rings. The molecule has 15 heavy (non-hydrogen) atoms. The van der Waals surface area contributed by atoms with Gasteiger partial charge in [-0.3, -0.25) is 4.21 Å². The molecular formula is C8H19O3PS3. The van der Waals surface area contributed by atoms with Gasteiger partial charge in [-0.2, -0.15) is 0 Å². The highest BCUT2D eigenvalue weighted by atomic mass is 32.9. The number of hydrogen-bond donors (Lipinski definition) is 2. The van der Waals surface area contributed by atoms with Crippen LogP contribution in [0, 0.1) is 0 Å². The molecule has 0 aliphatic heterocycles. The molecule has 7 heteroatoms. The predicted molar refractivity (Wildman–Crippen MR) is 73.2 cm³/mol. The molecule has 92 valence electrons. The van der Waals surface area contributed by atoms with Crippen LogP contribution in [0.15, 0.2) is 0 Å². The van der Waals surface area contributed by atoms with Gasteiger partial charge in [0, 0.05) is 22.3 Å². The molecule has 0 heterocycles. The van der Waals surface area contributed by atoms with Crippen molar-refractivity contribution in [1.29, 1.82) is 0 Å². The smallest absolute Gasteiger partial charge is 0.242 e. The fraction of sp³-hybridized carbons (Fsp3) is 1.00. The Hall–Kier alpha value is 1.07. The van der Waals surface area contributed by atoms with Crippen LogP contribution >= 0.6 is 17.1 Å². The lowest BCUT2D eigenvalue weighted by molar-refractivity contribution is 0.501. The lowest BCUT2D eigenvalue weighted by atomic mass is 10.1. The molecule has 0 aromatic heterocycles. The minimum atomic E-state index is -3.22. The zero-order valence-electron chi connectivity index (χ0n) is 9.30. The van der Waals surface area contributed by atoms with E-state index in [0.29, 0.717) is 11.5 Å². The van der Waals surface area contributed by atoms with Crippen LogP contribution in [0.3, 0.4) is 0 Å². The molecule has 3 nitrogen and oxygen atoms in total. The first-order chi connectivity index (χ1) is 6.81. The van der Waals surface area contributed by atoms with Crippen LogP contribution in [0.25, 0.3) is 0 Å². The largest absolute Gasteiger partial charge is 0.338 e. The van der Waals surface area contributed by atoms with E-state index >= 15 is 0 Å². The molecule has 0 bridgehead atoms. The summed E-state index contributed by atoms with van der Waals surface area (Å²) in [7, 11) is -0.930. The summed E-state index contributed by atoms with van der Waals surface area (Å²) in [5, 5.41) is 0. The second kappa shape index (κ2) is 6.72. The maximum absolute atomic E-state index is 11.9. The molecule has 1 atom stereocenters. The van der Waals surface area contributed by atoms with Crippen LogP contribution in [0.2, 0.25) is 0 Å². The van der Waals surface area contributed by atoms with Crippen molar-refractivity contribution in [1.82, 2.24) is 0 Å². The summed E-state index contributed by atoms with van der Waals surface area (Å²) in [5.74, 6) is 1.06. The van der Waals surface area contributed by atoms with Gasteiger partial charge in [0.1, 0.15) is 0 Å². The summed E-state index contributed by atoms with van der Waals surface area (Å²) in [5.41, 5.74) is -3.22. The van der Waals surface area contributed by atoms with Crippen molar-refractivity contribution in [3.8, 4) is 0 Å². The van der Waals surface area contributed by atoms with Gasteiger partial charge in [0.15, 0.2) is 0 Å². The highest BCUT2D eigenvalue weighted by Crippen LogP contribution is 2.52. The summed E-state index contributed by atoms with van der Waals surface area (Å²) >= 11 is 5.54. The molecule has 0 spiro atoms. The molecule has 2 N–H and O–H groups in total. The van der Waals surface area contributed by atoms with E-state index in [1.54, 1.807) is 0 Å². The maximum atomic E-state index is 11.9. The van der Waals surface area contributed by atoms with Gasteiger partial charge in [-0.25, -0.2) is 0 Å². The summed E-state index contributed by atoms with van der Waals surface area (Å²) in [4.78, 5) is 18.3. The molecule has 0 aliphatic rings. The highest BCUT2D eigenvalue weighted by Gasteiger charge is 2.33. The Balaban J connectivity index is 4.65. The summed E-state index contributed by atoms with van der Waals surface area (Å²) in [6, 6.07) is 0. The SMILES string of the molecule is CCS(=O)C(CC)(CC)CSP(O)(O)=S. The topological polar surface area (TPSA) is 57.5 Å². The average molecular weight is 290 g/mol. The zero-order valence-corrected chi connectivity index (χ0v) is 12.6. The second-order valence-corrected chi connectivity index (χ2v) is 11.5. The Morgan fingerprint density at radius 1 is 1.33 bits per heavy atom. The first-order valence-corrected chi connectivity index (χ1v) is 10.5. The highest BCUT2D eigenvalue weighted by molar-refractivity contribution is 8.67. The van der Waals surface area contributed by atoms with E-state index in [1.165, 1.54) is 0 Å². The van der Waals surface area contributed by atoms with E-state index in [2.05, 4.69) is 11.8 Å². The van der Waals surface area contributed by atoms with Gasteiger partial charge >= 0.3 is 0 Å². The minimum Gasteiger partial charge on any atom is -0.338 e. The fourth-order valence-electron chi connectivity index (χ4n) is 1.35. The lowest BCUT2D eigenvalue weighted by Gasteiger charge is -2.30. The molecule has 0 fully saturated rings. The Morgan fingerprint density at radius 2 is 1.80 bits per heavy atom.